The van der Waals surface area contributed by atoms with Crippen molar-refractivity contribution in [2.24, 2.45) is 5.92 Å². The molecule has 0 spiro atoms. The molecule has 0 aliphatic heterocycles. The number of aromatic nitrogens is 2. The Balaban J connectivity index is 2.13. The monoisotopic (exact) mass is 524 g/mol. The first-order valence-electron chi connectivity index (χ1n) is 9.68. The van der Waals surface area contributed by atoms with Gasteiger partial charge in [-0.15, -0.1) is 0 Å². The van der Waals surface area contributed by atoms with Crippen molar-refractivity contribution in [2.45, 2.75) is 24.8 Å². The van der Waals surface area contributed by atoms with Gasteiger partial charge in [0.05, 0.1) is 27.4 Å². The van der Waals surface area contributed by atoms with Crippen LogP contribution in [-0.2, 0) is 9.84 Å². The summed E-state index contributed by atoms with van der Waals surface area (Å²) >= 11 is 3.09. The second kappa shape index (κ2) is 9.51. The number of hydrogen-bond donors (Lipinski definition) is 1. The molecule has 1 atom stereocenters. The normalized spacial score (nSPS) is 12.7. The third-order valence-electron chi connectivity index (χ3n) is 4.84. The molecule has 0 unspecified atom stereocenters. The summed E-state index contributed by atoms with van der Waals surface area (Å²) in [6.07, 6.45) is 1.70. The van der Waals surface area contributed by atoms with E-state index >= 15 is 0 Å². The minimum atomic E-state index is -3.38. The average Bonchev–Trinajstić information content (AvgIpc) is 2.74. The number of rotatable bonds is 7. The number of hydrogen-bond acceptors (Lipinski definition) is 6. The molecular weight excluding hydrogens is 503 g/mol. The third-order valence-corrected chi connectivity index (χ3v) is 6.58. The average molecular weight is 525 g/mol. The van der Waals surface area contributed by atoms with Crippen LogP contribution in [-0.4, -0.2) is 42.3 Å². The fraction of sp³-hybridized carbons (Fsp3) is 0.273. The van der Waals surface area contributed by atoms with Gasteiger partial charge in [-0.1, -0.05) is 26.0 Å². The Kier molecular flexibility index (Phi) is 7.16. The van der Waals surface area contributed by atoms with Crippen molar-refractivity contribution in [1.82, 2.24) is 9.78 Å². The summed E-state index contributed by atoms with van der Waals surface area (Å²) in [6.45, 7) is 3.51. The summed E-state index contributed by atoms with van der Waals surface area (Å²) < 4.78 is 44.1. The quantitative estimate of drug-likeness (QED) is 0.506. The second-order valence-corrected chi connectivity index (χ2v) is 10.5. The topological polar surface area (TPSA) is 98.5 Å². The molecule has 3 rings (SSSR count). The molecule has 1 heterocycles. The summed E-state index contributed by atoms with van der Waals surface area (Å²) in [6, 6.07) is 9.99. The van der Waals surface area contributed by atoms with Crippen LogP contribution >= 0.6 is 15.9 Å². The van der Waals surface area contributed by atoms with E-state index in [1.165, 1.54) is 36.5 Å². The van der Waals surface area contributed by atoms with Crippen molar-refractivity contribution in [1.29, 1.82) is 0 Å². The number of sulfone groups is 1. The van der Waals surface area contributed by atoms with Crippen LogP contribution in [0.15, 0.2) is 62.8 Å². The van der Waals surface area contributed by atoms with Crippen LogP contribution in [0.4, 0.5) is 4.39 Å². The van der Waals surface area contributed by atoms with Crippen LogP contribution in [0.25, 0.3) is 16.8 Å². The molecular formula is C22H22BrFN2O5S. The lowest BCUT2D eigenvalue weighted by Crippen LogP contribution is -2.28. The van der Waals surface area contributed by atoms with E-state index in [2.05, 4.69) is 21.0 Å². The van der Waals surface area contributed by atoms with Gasteiger partial charge in [0.15, 0.2) is 15.6 Å². The lowest BCUT2D eigenvalue weighted by molar-refractivity contribution is 0.0695. The molecule has 1 N–H and O–H groups in total. The Morgan fingerprint density at radius 2 is 1.84 bits per heavy atom. The molecule has 0 amide bonds. The number of aliphatic hydroxyl groups is 1. The second-order valence-electron chi connectivity index (χ2n) is 7.62. The van der Waals surface area contributed by atoms with Gasteiger partial charge < -0.3 is 9.84 Å². The molecule has 3 aromatic rings. The highest BCUT2D eigenvalue weighted by Crippen LogP contribution is 2.28. The predicted octanol–water partition coefficient (Wildman–Crippen LogP) is 3.60. The molecule has 0 bridgehead atoms. The van der Waals surface area contributed by atoms with Gasteiger partial charge in [-0.05, 0) is 57.7 Å². The van der Waals surface area contributed by atoms with E-state index in [1.807, 2.05) is 13.8 Å². The van der Waals surface area contributed by atoms with Crippen molar-refractivity contribution in [3.63, 3.8) is 0 Å². The molecule has 0 fully saturated rings. The lowest BCUT2D eigenvalue weighted by Gasteiger charge is -2.18. The van der Waals surface area contributed by atoms with Crippen LogP contribution in [0.5, 0.6) is 5.75 Å². The van der Waals surface area contributed by atoms with Crippen LogP contribution in [0, 0.1) is 11.7 Å². The lowest BCUT2D eigenvalue weighted by atomic mass is 10.1. The van der Waals surface area contributed by atoms with Gasteiger partial charge in [0.2, 0.25) is 0 Å². The zero-order chi connectivity index (χ0) is 23.6. The van der Waals surface area contributed by atoms with E-state index in [0.29, 0.717) is 16.8 Å². The molecule has 0 aliphatic rings. The standard InChI is InChI=1S/C22H22BrFN2O5S/c1-13(2)20(27)12-31-21-17(14-4-7-16(8-5-14)32(3,29)30)11-25-26(22(21)28)15-6-9-19(24)18(23)10-15/h4-11,13,20,27H,12H2,1-3H3/t20-/m1/s1. The van der Waals surface area contributed by atoms with Crippen molar-refractivity contribution < 1.29 is 22.7 Å². The number of ether oxygens (including phenoxy) is 1. The van der Waals surface area contributed by atoms with E-state index in [1.54, 1.807) is 12.1 Å². The fourth-order valence-corrected chi connectivity index (χ4v) is 3.82. The largest absolute Gasteiger partial charge is 0.485 e. The highest BCUT2D eigenvalue weighted by Gasteiger charge is 2.19. The highest BCUT2D eigenvalue weighted by molar-refractivity contribution is 9.10. The third kappa shape index (κ3) is 5.25. The maximum absolute atomic E-state index is 13.6. The van der Waals surface area contributed by atoms with Crippen LogP contribution in [0.1, 0.15) is 13.8 Å². The van der Waals surface area contributed by atoms with Crippen molar-refractivity contribution in [3.05, 3.63) is 69.3 Å². The minimum Gasteiger partial charge on any atom is -0.485 e. The number of aliphatic hydroxyl groups excluding tert-OH is 1. The van der Waals surface area contributed by atoms with Gasteiger partial charge in [0, 0.05) is 11.8 Å². The van der Waals surface area contributed by atoms with Gasteiger partial charge in [0.25, 0.3) is 0 Å². The summed E-state index contributed by atoms with van der Waals surface area (Å²) in [5, 5.41) is 14.3. The van der Waals surface area contributed by atoms with Crippen molar-refractivity contribution in [3.8, 4) is 22.6 Å². The molecule has 10 heteroatoms. The number of nitrogens with zero attached hydrogens (tertiary/aromatic N) is 2. The van der Waals surface area contributed by atoms with Crippen LogP contribution in [0.3, 0.4) is 0 Å². The molecule has 0 aliphatic carbocycles. The van der Waals surface area contributed by atoms with E-state index < -0.39 is 27.3 Å². The molecule has 0 radical (unpaired) electrons. The zero-order valence-electron chi connectivity index (χ0n) is 17.6. The number of benzene rings is 2. The van der Waals surface area contributed by atoms with Crippen molar-refractivity contribution in [2.75, 3.05) is 12.9 Å². The summed E-state index contributed by atoms with van der Waals surface area (Å²) in [5.74, 6) is -0.641. The van der Waals surface area contributed by atoms with Gasteiger partial charge >= 0.3 is 5.56 Å². The Hall–Kier alpha value is -2.56. The van der Waals surface area contributed by atoms with E-state index in [0.717, 1.165) is 10.9 Å². The fourth-order valence-electron chi connectivity index (χ4n) is 2.83. The van der Waals surface area contributed by atoms with Gasteiger partial charge in [-0.25, -0.2) is 12.8 Å². The van der Waals surface area contributed by atoms with Crippen molar-refractivity contribution >= 4 is 25.8 Å². The van der Waals surface area contributed by atoms with Gasteiger partial charge in [-0.3, -0.25) is 4.79 Å². The summed E-state index contributed by atoms with van der Waals surface area (Å²) in [5.41, 5.74) is 0.563. The molecule has 32 heavy (non-hydrogen) atoms. The molecule has 2 aromatic carbocycles. The van der Waals surface area contributed by atoms with E-state index in [9.17, 15) is 22.7 Å². The Bertz CT molecular complexity index is 1290. The summed E-state index contributed by atoms with van der Waals surface area (Å²) in [7, 11) is -3.38. The Labute approximate surface area is 193 Å². The highest BCUT2D eigenvalue weighted by atomic mass is 79.9. The van der Waals surface area contributed by atoms with E-state index in [-0.39, 0.29) is 27.6 Å². The molecule has 170 valence electrons. The molecule has 7 nitrogen and oxygen atoms in total. The van der Waals surface area contributed by atoms with Gasteiger partial charge in [-0.2, -0.15) is 9.78 Å². The maximum atomic E-state index is 13.6. The molecule has 0 saturated heterocycles. The predicted molar refractivity (Wildman–Crippen MR) is 122 cm³/mol. The smallest absolute Gasteiger partial charge is 0.314 e. The first kappa shape index (κ1) is 24.1. The Morgan fingerprint density at radius 1 is 1.19 bits per heavy atom. The SMILES string of the molecule is CC(C)[C@H](O)COc1c(-c2ccc(S(C)(=O)=O)cc2)cnn(-c2ccc(F)c(Br)c2)c1=O. The first-order valence-corrected chi connectivity index (χ1v) is 12.4. The minimum absolute atomic E-state index is 0.0627. The van der Waals surface area contributed by atoms with Crippen LogP contribution in [0.2, 0.25) is 0 Å². The number of halogens is 2. The first-order chi connectivity index (χ1) is 15.0. The summed E-state index contributed by atoms with van der Waals surface area (Å²) in [4.78, 5) is 13.4. The maximum Gasteiger partial charge on any atom is 0.314 e. The molecule has 1 aromatic heterocycles. The zero-order valence-corrected chi connectivity index (χ0v) is 20.0. The Morgan fingerprint density at radius 3 is 2.41 bits per heavy atom. The van der Waals surface area contributed by atoms with E-state index in [4.69, 9.17) is 4.74 Å². The van der Waals surface area contributed by atoms with Crippen LogP contribution < -0.4 is 10.3 Å². The van der Waals surface area contributed by atoms with Gasteiger partial charge in [0.1, 0.15) is 12.4 Å². The molecule has 0 saturated carbocycles.